The number of amides is 1. The molecular formula is C33H45NO7. The first-order chi connectivity index (χ1) is 20.0. The summed E-state index contributed by atoms with van der Waals surface area (Å²) in [4.78, 5) is 29.7. The maximum Gasteiger partial charge on any atom is 0.329 e. The van der Waals surface area contributed by atoms with Crippen LogP contribution >= 0.6 is 0 Å². The van der Waals surface area contributed by atoms with E-state index in [1.807, 2.05) is 49.4 Å². The number of hydrogen-bond acceptors (Lipinski definition) is 7. The molecule has 2 aromatic carbocycles. The summed E-state index contributed by atoms with van der Waals surface area (Å²) in [5.41, 5.74) is 1.90. The van der Waals surface area contributed by atoms with Crippen LogP contribution in [0.3, 0.4) is 0 Å². The average Bonchev–Trinajstić information content (AvgIpc) is 3.01. The lowest BCUT2D eigenvalue weighted by molar-refractivity contribution is -0.164. The molecule has 0 radical (unpaired) electrons. The fraction of sp³-hybridized carbons (Fsp3) is 0.576. The van der Waals surface area contributed by atoms with Crippen LogP contribution < -0.4 is 14.2 Å². The second-order valence-electron chi connectivity index (χ2n) is 11.1. The smallest absolute Gasteiger partial charge is 0.329 e. The second-order valence-corrected chi connectivity index (χ2v) is 11.1. The Labute approximate surface area is 244 Å². The third kappa shape index (κ3) is 7.73. The number of nitrogens with zero attached hydrogens (tertiary/aromatic N) is 1. The van der Waals surface area contributed by atoms with Crippen molar-refractivity contribution in [2.24, 2.45) is 5.92 Å². The summed E-state index contributed by atoms with van der Waals surface area (Å²) < 4.78 is 28.4. The maximum absolute atomic E-state index is 14.5. The van der Waals surface area contributed by atoms with Gasteiger partial charge in [0.2, 0.25) is 11.7 Å². The predicted molar refractivity (Wildman–Crippen MR) is 156 cm³/mol. The van der Waals surface area contributed by atoms with Crippen molar-refractivity contribution in [2.45, 2.75) is 83.0 Å². The van der Waals surface area contributed by atoms with Crippen molar-refractivity contribution >= 4 is 11.9 Å². The van der Waals surface area contributed by atoms with Gasteiger partial charge in [0.25, 0.3) is 0 Å². The molecule has 3 atom stereocenters. The molecule has 4 rings (SSSR count). The van der Waals surface area contributed by atoms with Gasteiger partial charge in [0.1, 0.15) is 12.1 Å². The SMILES string of the molecule is COc1cc([C@@H](C(=O)N2CCCC[C@H]2C(=O)O[C@H](C)COCc2ccccc2)C2CCCCC2)cc(OC)c1OC. The summed E-state index contributed by atoms with van der Waals surface area (Å²) >= 11 is 0. The molecule has 1 aliphatic carbocycles. The van der Waals surface area contributed by atoms with Gasteiger partial charge in [-0.1, -0.05) is 49.6 Å². The largest absolute Gasteiger partial charge is 0.493 e. The molecule has 8 heteroatoms. The number of hydrogen-bond donors (Lipinski definition) is 0. The number of carbonyl (C=O) groups is 2. The van der Waals surface area contributed by atoms with Crippen LogP contribution in [0.1, 0.15) is 75.3 Å². The Hall–Kier alpha value is -3.26. The van der Waals surface area contributed by atoms with Gasteiger partial charge in [0.15, 0.2) is 11.5 Å². The van der Waals surface area contributed by atoms with E-state index in [0.29, 0.717) is 36.8 Å². The highest BCUT2D eigenvalue weighted by Gasteiger charge is 2.41. The minimum Gasteiger partial charge on any atom is -0.493 e. The highest BCUT2D eigenvalue weighted by molar-refractivity contribution is 5.89. The third-order valence-corrected chi connectivity index (χ3v) is 8.27. The van der Waals surface area contributed by atoms with Gasteiger partial charge in [-0.05, 0) is 68.2 Å². The van der Waals surface area contributed by atoms with Crippen molar-refractivity contribution in [3.63, 3.8) is 0 Å². The molecular weight excluding hydrogens is 522 g/mol. The van der Waals surface area contributed by atoms with E-state index < -0.39 is 18.1 Å². The van der Waals surface area contributed by atoms with E-state index in [9.17, 15) is 9.59 Å². The number of piperidine rings is 1. The topological polar surface area (TPSA) is 83.5 Å². The monoisotopic (exact) mass is 567 g/mol. The Bertz CT molecular complexity index is 1110. The molecule has 1 amide bonds. The van der Waals surface area contributed by atoms with Crippen molar-refractivity contribution in [3.05, 3.63) is 53.6 Å². The van der Waals surface area contributed by atoms with E-state index in [0.717, 1.165) is 49.7 Å². The Kier molecular flexibility index (Phi) is 11.3. The molecule has 224 valence electrons. The van der Waals surface area contributed by atoms with Gasteiger partial charge in [-0.15, -0.1) is 0 Å². The zero-order valence-electron chi connectivity index (χ0n) is 24.9. The molecule has 2 aromatic rings. The van der Waals surface area contributed by atoms with E-state index in [2.05, 4.69) is 0 Å². The Morgan fingerprint density at radius 1 is 0.878 bits per heavy atom. The molecule has 2 aliphatic rings. The maximum atomic E-state index is 14.5. The quantitative estimate of drug-likeness (QED) is 0.295. The predicted octanol–water partition coefficient (Wildman–Crippen LogP) is 5.91. The van der Waals surface area contributed by atoms with E-state index >= 15 is 0 Å². The average molecular weight is 568 g/mol. The summed E-state index contributed by atoms with van der Waals surface area (Å²) in [5, 5.41) is 0. The summed E-state index contributed by atoms with van der Waals surface area (Å²) in [6, 6.07) is 13.1. The zero-order chi connectivity index (χ0) is 29.2. The number of esters is 1. The summed E-state index contributed by atoms with van der Waals surface area (Å²) in [6.07, 6.45) is 7.19. The number of likely N-dealkylation sites (tertiary alicyclic amines) is 1. The van der Waals surface area contributed by atoms with E-state index in [1.54, 1.807) is 26.2 Å². The first-order valence-electron chi connectivity index (χ1n) is 14.9. The van der Waals surface area contributed by atoms with Crippen LogP contribution in [0.25, 0.3) is 0 Å². The fourth-order valence-electron chi connectivity index (χ4n) is 6.21. The van der Waals surface area contributed by atoms with Gasteiger partial charge in [-0.2, -0.15) is 0 Å². The number of benzene rings is 2. The number of ether oxygens (including phenoxy) is 5. The molecule has 2 fully saturated rings. The fourth-order valence-corrected chi connectivity index (χ4v) is 6.21. The van der Waals surface area contributed by atoms with Gasteiger partial charge in [0.05, 0.1) is 40.5 Å². The molecule has 1 aliphatic heterocycles. The second kappa shape index (κ2) is 15.1. The zero-order valence-corrected chi connectivity index (χ0v) is 24.9. The van der Waals surface area contributed by atoms with Gasteiger partial charge >= 0.3 is 5.97 Å². The van der Waals surface area contributed by atoms with Crippen LogP contribution in [0, 0.1) is 5.92 Å². The van der Waals surface area contributed by atoms with Crippen molar-refractivity contribution in [1.29, 1.82) is 0 Å². The van der Waals surface area contributed by atoms with E-state index in [1.165, 1.54) is 6.42 Å². The molecule has 0 N–H and O–H groups in total. The van der Waals surface area contributed by atoms with Crippen molar-refractivity contribution in [1.82, 2.24) is 4.90 Å². The normalized spacial score (nSPS) is 19.2. The Morgan fingerprint density at radius 3 is 2.17 bits per heavy atom. The van der Waals surface area contributed by atoms with Crippen LogP contribution in [0.5, 0.6) is 17.2 Å². The van der Waals surface area contributed by atoms with Crippen LogP contribution in [0.2, 0.25) is 0 Å². The highest BCUT2D eigenvalue weighted by Crippen LogP contribution is 2.45. The van der Waals surface area contributed by atoms with Crippen LogP contribution in [-0.2, 0) is 25.7 Å². The summed E-state index contributed by atoms with van der Waals surface area (Å²) in [6.45, 7) is 3.11. The lowest BCUT2D eigenvalue weighted by Crippen LogP contribution is -2.51. The van der Waals surface area contributed by atoms with E-state index in [4.69, 9.17) is 23.7 Å². The van der Waals surface area contributed by atoms with Gasteiger partial charge in [-0.25, -0.2) is 4.79 Å². The third-order valence-electron chi connectivity index (χ3n) is 8.27. The minimum absolute atomic E-state index is 0.0270. The molecule has 8 nitrogen and oxygen atoms in total. The summed E-state index contributed by atoms with van der Waals surface area (Å²) in [5.74, 6) is 0.911. The molecule has 1 saturated heterocycles. The number of carbonyl (C=O) groups excluding carboxylic acids is 2. The van der Waals surface area contributed by atoms with Crippen LogP contribution in [-0.4, -0.2) is 63.4 Å². The van der Waals surface area contributed by atoms with Gasteiger partial charge < -0.3 is 28.6 Å². The molecule has 0 spiro atoms. The lowest BCUT2D eigenvalue weighted by Gasteiger charge is -2.39. The van der Waals surface area contributed by atoms with Crippen molar-refractivity contribution < 1.29 is 33.3 Å². The minimum atomic E-state index is -0.610. The molecule has 0 aromatic heterocycles. The Balaban J connectivity index is 1.52. The van der Waals surface area contributed by atoms with Crippen molar-refractivity contribution in [2.75, 3.05) is 34.5 Å². The number of rotatable bonds is 12. The van der Waals surface area contributed by atoms with Crippen LogP contribution in [0.15, 0.2) is 42.5 Å². The highest BCUT2D eigenvalue weighted by atomic mass is 16.6. The standard InChI is InChI=1S/C33H45NO7/c1-23(21-40-22-24-13-7-5-8-14-24)41-33(36)27-17-11-12-18-34(27)32(35)30(25-15-9-6-10-16-25)26-19-28(37-2)31(39-4)29(20-26)38-3/h5,7-8,13-14,19-20,23,25,27,30H,6,9-12,15-18,21-22H2,1-4H3/t23-,27+,30+/m1/s1. The molecule has 1 saturated carbocycles. The summed E-state index contributed by atoms with van der Waals surface area (Å²) in [7, 11) is 4.74. The number of methoxy groups -OCH3 is 3. The first kappa shape index (κ1) is 30.7. The first-order valence-corrected chi connectivity index (χ1v) is 14.9. The Morgan fingerprint density at radius 2 is 1.54 bits per heavy atom. The van der Waals surface area contributed by atoms with Crippen LogP contribution in [0.4, 0.5) is 0 Å². The lowest BCUT2D eigenvalue weighted by atomic mass is 9.75. The molecule has 0 bridgehead atoms. The van der Waals surface area contributed by atoms with E-state index in [-0.39, 0.29) is 24.4 Å². The molecule has 1 heterocycles. The molecule has 0 unspecified atom stereocenters. The molecule has 41 heavy (non-hydrogen) atoms. The van der Waals surface area contributed by atoms with Gasteiger partial charge in [-0.3, -0.25) is 4.79 Å². The van der Waals surface area contributed by atoms with Crippen molar-refractivity contribution in [3.8, 4) is 17.2 Å². The van der Waals surface area contributed by atoms with Gasteiger partial charge in [0, 0.05) is 6.54 Å².